The zero-order valence-corrected chi connectivity index (χ0v) is 18.3. The van der Waals surface area contributed by atoms with Gasteiger partial charge in [-0.15, -0.1) is 0 Å². The van der Waals surface area contributed by atoms with E-state index in [9.17, 15) is 9.59 Å². The van der Waals surface area contributed by atoms with E-state index >= 15 is 0 Å². The van der Waals surface area contributed by atoms with Gasteiger partial charge in [0.1, 0.15) is 0 Å². The van der Waals surface area contributed by atoms with Gasteiger partial charge in [0, 0.05) is 0 Å². The molecule has 9 heteroatoms. The van der Waals surface area contributed by atoms with Gasteiger partial charge in [0.05, 0.1) is 0 Å². The molecule has 2 aliphatic rings. The van der Waals surface area contributed by atoms with Gasteiger partial charge < -0.3 is 0 Å². The predicted molar refractivity (Wildman–Crippen MR) is 94.8 cm³/mol. The number of rotatable bonds is 4. The summed E-state index contributed by atoms with van der Waals surface area (Å²) in [6.07, 6.45) is 3.23. The van der Waals surface area contributed by atoms with Crippen molar-refractivity contribution in [2.24, 2.45) is 11.8 Å². The molecule has 0 saturated carbocycles. The fourth-order valence-corrected chi connectivity index (χ4v) is 4.91. The summed E-state index contributed by atoms with van der Waals surface area (Å²) in [5, 5.41) is 0. The van der Waals surface area contributed by atoms with Crippen molar-refractivity contribution in [2.75, 3.05) is 37.7 Å². The van der Waals surface area contributed by atoms with Crippen LogP contribution in [-0.4, -0.2) is 63.3 Å². The van der Waals surface area contributed by atoms with Crippen molar-refractivity contribution in [3.8, 4) is 0 Å². The number of likely N-dealkylation sites (tertiary alicyclic amines) is 1. The van der Waals surface area contributed by atoms with E-state index in [0.29, 0.717) is 37.5 Å². The minimum absolute atomic E-state index is 0.161. The van der Waals surface area contributed by atoms with Gasteiger partial charge in [-0.3, -0.25) is 0 Å². The Morgan fingerprint density at radius 3 is 2.26 bits per heavy atom. The van der Waals surface area contributed by atoms with Gasteiger partial charge in [0.15, 0.2) is 0 Å². The zero-order valence-electron chi connectivity index (χ0n) is 16.1. The van der Waals surface area contributed by atoms with Crippen molar-refractivity contribution < 1.29 is 40.3 Å². The summed E-state index contributed by atoms with van der Waals surface area (Å²) in [7, 11) is 0. The average molecular weight is 489 g/mol. The fraction of sp³-hybridized carbons (Fsp3) is 0.667. The molecule has 0 aliphatic carbocycles. The van der Waals surface area contributed by atoms with Gasteiger partial charge in [-0.25, -0.2) is 0 Å². The maximum absolute atomic E-state index is 12.2. The zero-order chi connectivity index (χ0) is 19.6. The molecule has 1 aromatic rings. The molecule has 150 valence electrons. The van der Waals surface area contributed by atoms with Crippen molar-refractivity contribution in [3.05, 3.63) is 16.0 Å². The van der Waals surface area contributed by atoms with Crippen LogP contribution in [0.1, 0.15) is 27.7 Å². The van der Waals surface area contributed by atoms with E-state index in [4.69, 9.17) is 9.47 Å². The Morgan fingerprint density at radius 1 is 1.15 bits per heavy atom. The number of nitrogens with zero attached hydrogens (tertiary/aromatic N) is 4. The van der Waals surface area contributed by atoms with E-state index in [1.54, 1.807) is 19.3 Å². The van der Waals surface area contributed by atoms with Crippen molar-refractivity contribution in [1.82, 2.24) is 14.9 Å². The van der Waals surface area contributed by atoms with Gasteiger partial charge in [-0.05, 0) is 20.8 Å². The monoisotopic (exact) mass is 489 g/mol. The normalized spacial score (nSPS) is 22.1. The molecule has 8 nitrogen and oxygen atoms in total. The molecule has 0 aromatic carbocycles. The van der Waals surface area contributed by atoms with Crippen LogP contribution in [0, 0.1) is 15.4 Å². The Balaban J connectivity index is 1.53. The molecule has 1 amide bonds. The number of amides is 1. The van der Waals surface area contributed by atoms with Crippen molar-refractivity contribution in [1.29, 1.82) is 0 Å². The number of halogens is 1. The second kappa shape index (κ2) is 8.15. The third kappa shape index (κ3) is 5.20. The van der Waals surface area contributed by atoms with E-state index in [1.165, 1.54) is 0 Å². The Hall–Kier alpha value is -1.65. The van der Waals surface area contributed by atoms with E-state index in [0.717, 1.165) is 16.7 Å². The van der Waals surface area contributed by atoms with Gasteiger partial charge in [0.2, 0.25) is 0 Å². The summed E-state index contributed by atoms with van der Waals surface area (Å²) in [5.74, 6) is 1.50. The fourth-order valence-electron chi connectivity index (χ4n) is 3.38. The van der Waals surface area contributed by atoms with Crippen LogP contribution in [0.3, 0.4) is 0 Å². The van der Waals surface area contributed by atoms with Crippen LogP contribution in [0.25, 0.3) is 0 Å². The third-order valence-corrected chi connectivity index (χ3v) is 6.40. The van der Waals surface area contributed by atoms with Gasteiger partial charge in [-0.2, -0.15) is 0 Å². The molecule has 2 aliphatic heterocycles. The molecule has 0 radical (unpaired) electrons. The van der Waals surface area contributed by atoms with Gasteiger partial charge in [-0.1, -0.05) is 0 Å². The molecule has 0 N–H and O–H groups in total. The molecule has 27 heavy (non-hydrogen) atoms. The number of carbonyl (C=O) groups is 2. The second-order valence-corrected chi connectivity index (χ2v) is 10.4. The van der Waals surface area contributed by atoms with Crippen LogP contribution in [0.2, 0.25) is 0 Å². The quantitative estimate of drug-likeness (QED) is 0.405. The van der Waals surface area contributed by atoms with Crippen LogP contribution in [0.5, 0.6) is 0 Å². The van der Waals surface area contributed by atoms with E-state index in [1.807, 2.05) is 25.7 Å². The van der Waals surface area contributed by atoms with Crippen LogP contribution < -0.4 is 26.1 Å². The third-order valence-electron chi connectivity index (χ3n) is 4.47. The van der Waals surface area contributed by atoms with Crippen molar-refractivity contribution >= 4 is 16.0 Å². The van der Waals surface area contributed by atoms with E-state index in [2.05, 4.69) is 14.9 Å². The molecule has 2 saturated heterocycles. The first-order valence-corrected chi connectivity index (χ1v) is 11.3. The molecule has 0 spiro atoms. The summed E-state index contributed by atoms with van der Waals surface area (Å²) in [6, 6.07) is 0. The molecular weight excluding hydrogens is 463 g/mol. The van der Waals surface area contributed by atoms with Crippen LogP contribution in [0.4, 0.5) is 15.5 Å². The average Bonchev–Trinajstić information content (AvgIpc) is 3.13. The standard InChI is InChI=1S/C18H26IN4O4/c1-5-26-15(24)19-14-6-20-16(21-7-14)22-8-12-10-23(11-13(12)9-22)17(25)27-18(2,3)4/h6-7,12-13H,5,8-11H2,1-4H3/q-1. The van der Waals surface area contributed by atoms with Gasteiger partial charge in [0.25, 0.3) is 0 Å². The van der Waals surface area contributed by atoms with Gasteiger partial charge >= 0.3 is 149 Å². The Labute approximate surface area is 169 Å². The second-order valence-electron chi connectivity index (χ2n) is 7.78. The molecule has 2 fully saturated rings. The first kappa shape index (κ1) is 20.1. The molecule has 1 aromatic heterocycles. The molecule has 2 unspecified atom stereocenters. The molecule has 3 heterocycles. The number of ether oxygens (including phenoxy) is 2. The predicted octanol–water partition coefficient (Wildman–Crippen LogP) is -0.805. The summed E-state index contributed by atoms with van der Waals surface area (Å²) in [6.45, 7) is 10.9. The Kier molecular flexibility index (Phi) is 6.07. The number of carbonyl (C=O) groups excluding carboxylic acids is 2. The molecule has 2 atom stereocenters. The van der Waals surface area contributed by atoms with Crippen LogP contribution >= 0.6 is 0 Å². The Morgan fingerprint density at radius 2 is 1.74 bits per heavy atom. The number of aromatic nitrogens is 2. The topological polar surface area (TPSA) is 84.9 Å². The number of anilines is 1. The molecule has 0 bridgehead atoms. The van der Waals surface area contributed by atoms with Crippen molar-refractivity contribution in [2.45, 2.75) is 33.3 Å². The summed E-state index contributed by atoms with van der Waals surface area (Å²) >= 11 is -0.867. The summed E-state index contributed by atoms with van der Waals surface area (Å²) < 4.78 is 11.2. The van der Waals surface area contributed by atoms with E-state index < -0.39 is 26.8 Å². The van der Waals surface area contributed by atoms with E-state index in [-0.39, 0.29) is 10.1 Å². The molecular formula is C18H26IN4O4-. The number of fused-ring (bicyclic) bond motifs is 1. The first-order valence-electron chi connectivity index (χ1n) is 9.11. The minimum atomic E-state index is -0.867. The summed E-state index contributed by atoms with van der Waals surface area (Å²) in [5.41, 5.74) is -0.470. The Bertz CT molecular complexity index is 678. The SMILES string of the molecule is CCOC(=O)[I-]c1cnc(N2CC3CN(C(=O)OC(C)(C)C)CC3C2)nc1. The number of hydrogen-bond donors (Lipinski definition) is 0. The summed E-state index contributed by atoms with van der Waals surface area (Å²) in [4.78, 5) is 36.7. The van der Waals surface area contributed by atoms with Crippen molar-refractivity contribution in [3.63, 3.8) is 0 Å². The first-order chi connectivity index (χ1) is 12.7. The van der Waals surface area contributed by atoms with Crippen LogP contribution in [-0.2, 0) is 9.47 Å². The molecule has 3 rings (SSSR count). The maximum atomic E-state index is 12.2. The number of hydrogen-bond acceptors (Lipinski definition) is 7. The van der Waals surface area contributed by atoms with Crippen LogP contribution in [0.15, 0.2) is 12.4 Å².